The van der Waals surface area contributed by atoms with Crippen molar-refractivity contribution in [2.75, 3.05) is 18.1 Å². The van der Waals surface area contributed by atoms with Crippen LogP contribution in [0.15, 0.2) is 85.5 Å². The molecule has 0 N–H and O–H groups in total. The van der Waals surface area contributed by atoms with E-state index in [2.05, 4.69) is 23.3 Å². The van der Waals surface area contributed by atoms with Crippen LogP contribution in [-0.4, -0.2) is 28.6 Å². The zero-order valence-electron chi connectivity index (χ0n) is 18.9. The number of para-hydroxylation sites is 3. The zero-order valence-corrected chi connectivity index (χ0v) is 19.6. The Bertz CT molecular complexity index is 1350. The summed E-state index contributed by atoms with van der Waals surface area (Å²) in [5, 5.41) is 0.620. The quantitative estimate of drug-likeness (QED) is 0.295. The first-order chi connectivity index (χ1) is 16.6. The van der Waals surface area contributed by atoms with E-state index in [4.69, 9.17) is 21.3 Å². The monoisotopic (exact) mass is 471 g/mol. The molecule has 1 aliphatic heterocycles. The summed E-state index contributed by atoms with van der Waals surface area (Å²) in [4.78, 5) is 19.7. The molecule has 34 heavy (non-hydrogen) atoms. The summed E-state index contributed by atoms with van der Waals surface area (Å²) >= 11 is 6.17. The number of carbonyl (C=O) groups is 1. The predicted molar refractivity (Wildman–Crippen MR) is 137 cm³/mol. The molecule has 1 atom stereocenters. The molecule has 0 spiro atoms. The van der Waals surface area contributed by atoms with E-state index in [9.17, 15) is 4.79 Å². The van der Waals surface area contributed by atoms with E-state index >= 15 is 0 Å². The van der Waals surface area contributed by atoms with Crippen LogP contribution in [0.1, 0.15) is 23.7 Å². The number of imidazole rings is 1. The Hall–Kier alpha value is -3.57. The number of benzene rings is 3. The highest BCUT2D eigenvalue weighted by atomic mass is 35.5. The number of aromatic nitrogens is 2. The van der Waals surface area contributed by atoms with Crippen molar-refractivity contribution in [3.05, 3.63) is 102 Å². The van der Waals surface area contributed by atoms with Gasteiger partial charge in [-0.2, -0.15) is 0 Å². The maximum Gasteiger partial charge on any atom is 0.227 e. The number of amides is 1. The van der Waals surface area contributed by atoms with Gasteiger partial charge >= 0.3 is 0 Å². The van der Waals surface area contributed by atoms with E-state index in [1.54, 1.807) is 0 Å². The molecule has 1 amide bonds. The Labute approximate surface area is 204 Å². The molecule has 3 aromatic carbocycles. The van der Waals surface area contributed by atoms with Crippen LogP contribution in [0.4, 0.5) is 5.69 Å². The van der Waals surface area contributed by atoms with Gasteiger partial charge in [0, 0.05) is 29.6 Å². The number of anilines is 1. The van der Waals surface area contributed by atoms with Crippen molar-refractivity contribution in [3.63, 3.8) is 0 Å². The van der Waals surface area contributed by atoms with E-state index in [1.807, 2.05) is 71.6 Å². The Morgan fingerprint density at radius 1 is 1.09 bits per heavy atom. The van der Waals surface area contributed by atoms with Gasteiger partial charge in [0.05, 0.1) is 17.6 Å². The number of hydrogen-bond acceptors (Lipinski definition) is 3. The summed E-state index contributed by atoms with van der Waals surface area (Å²) in [5.74, 6) is 1.87. The van der Waals surface area contributed by atoms with Gasteiger partial charge < -0.3 is 14.2 Å². The topological polar surface area (TPSA) is 47.4 Å². The van der Waals surface area contributed by atoms with Crippen molar-refractivity contribution in [1.82, 2.24) is 9.55 Å². The van der Waals surface area contributed by atoms with Crippen molar-refractivity contribution in [2.45, 2.75) is 25.3 Å². The van der Waals surface area contributed by atoms with Gasteiger partial charge in [-0.1, -0.05) is 54.1 Å². The van der Waals surface area contributed by atoms with Crippen LogP contribution >= 0.6 is 11.6 Å². The molecule has 1 unspecified atom stereocenters. The summed E-state index contributed by atoms with van der Waals surface area (Å²) < 4.78 is 8.37. The van der Waals surface area contributed by atoms with Crippen LogP contribution in [0, 0.1) is 0 Å². The van der Waals surface area contributed by atoms with Gasteiger partial charge in [-0.3, -0.25) is 4.79 Å². The van der Waals surface area contributed by atoms with Crippen molar-refractivity contribution >= 4 is 34.2 Å². The Morgan fingerprint density at radius 3 is 2.76 bits per heavy atom. The predicted octanol–water partition coefficient (Wildman–Crippen LogP) is 6.02. The maximum absolute atomic E-state index is 12.9. The third kappa shape index (κ3) is 4.44. The van der Waals surface area contributed by atoms with Crippen molar-refractivity contribution in [3.8, 4) is 5.75 Å². The molecule has 1 aliphatic rings. The summed E-state index contributed by atoms with van der Waals surface area (Å²) in [5.41, 5.74) is 3.92. The molecule has 172 valence electrons. The van der Waals surface area contributed by atoms with Crippen LogP contribution in [0.3, 0.4) is 0 Å². The van der Waals surface area contributed by atoms with Gasteiger partial charge in [0.1, 0.15) is 18.2 Å². The van der Waals surface area contributed by atoms with Crippen LogP contribution < -0.4 is 9.64 Å². The molecule has 4 aromatic rings. The van der Waals surface area contributed by atoms with E-state index in [1.165, 1.54) is 0 Å². The number of allylic oxidation sites excluding steroid dienone is 1. The van der Waals surface area contributed by atoms with Crippen LogP contribution in [0.25, 0.3) is 11.0 Å². The minimum Gasteiger partial charge on any atom is -0.491 e. The average Bonchev–Trinajstić information content (AvgIpc) is 3.41. The lowest BCUT2D eigenvalue weighted by Crippen LogP contribution is -2.24. The Kier molecular flexibility index (Phi) is 6.37. The second-order valence-corrected chi connectivity index (χ2v) is 8.88. The molecule has 1 fully saturated rings. The summed E-state index contributed by atoms with van der Waals surface area (Å²) in [6.45, 7) is 5.55. The summed E-state index contributed by atoms with van der Waals surface area (Å²) in [6.07, 6.45) is 3.06. The third-order valence-electron chi connectivity index (χ3n) is 6.20. The smallest absolute Gasteiger partial charge is 0.227 e. The maximum atomic E-state index is 12.9. The van der Waals surface area contributed by atoms with Gasteiger partial charge in [0.15, 0.2) is 0 Å². The molecule has 0 bridgehead atoms. The molecule has 0 radical (unpaired) electrons. The van der Waals surface area contributed by atoms with Gasteiger partial charge in [0.2, 0.25) is 5.91 Å². The fourth-order valence-electron chi connectivity index (χ4n) is 4.63. The molecular formula is C28H26ClN3O2. The molecule has 1 saturated heterocycles. The minimum absolute atomic E-state index is 0.00747. The molecule has 0 saturated carbocycles. The van der Waals surface area contributed by atoms with E-state index in [-0.39, 0.29) is 11.8 Å². The first kappa shape index (κ1) is 22.2. The van der Waals surface area contributed by atoms with E-state index < -0.39 is 0 Å². The fraction of sp³-hybridized carbons (Fsp3) is 0.214. The summed E-state index contributed by atoms with van der Waals surface area (Å²) in [6, 6.07) is 23.6. The van der Waals surface area contributed by atoms with Gasteiger partial charge in [-0.15, -0.1) is 6.58 Å². The van der Waals surface area contributed by atoms with Crippen molar-refractivity contribution in [1.29, 1.82) is 0 Å². The second-order valence-electron chi connectivity index (χ2n) is 8.44. The molecule has 1 aromatic heterocycles. The van der Waals surface area contributed by atoms with Crippen LogP contribution in [0.2, 0.25) is 5.02 Å². The first-order valence-electron chi connectivity index (χ1n) is 11.5. The standard InChI is InChI=1S/C28H26ClN3O2/c1-2-8-20-9-3-6-14-26(20)34-16-15-31-25-13-5-4-12-24(25)30-28(31)21-17-27(33)32(19-21)23-11-7-10-22(29)18-23/h2-7,9-14,18,21H,1,8,15-17,19H2. The lowest BCUT2D eigenvalue weighted by atomic mass is 10.1. The molecule has 6 heteroatoms. The lowest BCUT2D eigenvalue weighted by molar-refractivity contribution is -0.117. The van der Waals surface area contributed by atoms with Gasteiger partial charge in [-0.25, -0.2) is 4.98 Å². The number of nitrogens with zero attached hydrogens (tertiary/aromatic N) is 3. The third-order valence-corrected chi connectivity index (χ3v) is 6.44. The zero-order chi connectivity index (χ0) is 23.5. The van der Waals surface area contributed by atoms with E-state index in [0.29, 0.717) is 31.1 Å². The normalized spacial score (nSPS) is 15.7. The highest BCUT2D eigenvalue weighted by molar-refractivity contribution is 6.30. The number of rotatable bonds is 8. The van der Waals surface area contributed by atoms with Crippen molar-refractivity contribution in [2.24, 2.45) is 0 Å². The number of hydrogen-bond donors (Lipinski definition) is 0. The number of fused-ring (bicyclic) bond motifs is 1. The molecule has 5 nitrogen and oxygen atoms in total. The number of ether oxygens (including phenoxy) is 1. The van der Waals surface area contributed by atoms with E-state index in [0.717, 1.165) is 40.3 Å². The average molecular weight is 472 g/mol. The minimum atomic E-state index is -0.00747. The number of halogens is 1. The van der Waals surface area contributed by atoms with Crippen molar-refractivity contribution < 1.29 is 9.53 Å². The van der Waals surface area contributed by atoms with Gasteiger partial charge in [0.25, 0.3) is 0 Å². The molecule has 2 heterocycles. The lowest BCUT2D eigenvalue weighted by Gasteiger charge is -2.18. The van der Waals surface area contributed by atoms with Gasteiger partial charge in [-0.05, 0) is 48.4 Å². The highest BCUT2D eigenvalue weighted by Crippen LogP contribution is 2.34. The largest absolute Gasteiger partial charge is 0.491 e. The molecule has 0 aliphatic carbocycles. The highest BCUT2D eigenvalue weighted by Gasteiger charge is 2.34. The Morgan fingerprint density at radius 2 is 1.91 bits per heavy atom. The molecule has 5 rings (SSSR count). The van der Waals surface area contributed by atoms with Crippen LogP contribution in [0.5, 0.6) is 5.75 Å². The SMILES string of the molecule is C=CCc1ccccc1OCCn1c(C2CC(=O)N(c3cccc(Cl)c3)C2)nc2ccccc21. The first-order valence-corrected chi connectivity index (χ1v) is 11.8. The fourth-order valence-corrected chi connectivity index (χ4v) is 4.82. The van der Waals surface area contributed by atoms with Crippen LogP contribution in [-0.2, 0) is 17.8 Å². The number of carbonyl (C=O) groups excluding carboxylic acids is 1. The molecular weight excluding hydrogens is 446 g/mol. The summed E-state index contributed by atoms with van der Waals surface area (Å²) in [7, 11) is 0. The Balaban J connectivity index is 1.40. The second kappa shape index (κ2) is 9.74.